The van der Waals surface area contributed by atoms with E-state index in [-0.39, 0.29) is 18.7 Å². The van der Waals surface area contributed by atoms with Crippen LogP contribution in [-0.2, 0) is 0 Å². The maximum atomic E-state index is 9.62. The Morgan fingerprint density at radius 2 is 1.71 bits per heavy atom. The monoisotopic (exact) mass is 240 g/mol. The van der Waals surface area contributed by atoms with Crippen molar-refractivity contribution in [3.8, 4) is 0 Å². The first kappa shape index (κ1) is 13.3. The molecule has 0 bridgehead atoms. The molecule has 0 aromatic carbocycles. The second kappa shape index (κ2) is 6.17. The number of nitrogens with zero attached hydrogens (tertiary/aromatic N) is 1. The number of likely N-dealkylation sites (N-methyl/N-ethyl adjacent to an activating group) is 1. The molecule has 0 aromatic rings. The molecule has 2 atom stereocenters. The summed E-state index contributed by atoms with van der Waals surface area (Å²) in [6.45, 7) is 0.213. The van der Waals surface area contributed by atoms with E-state index in [2.05, 4.69) is 11.9 Å². The van der Waals surface area contributed by atoms with Crippen LogP contribution in [0.5, 0.6) is 0 Å². The Kier molecular flexibility index (Phi) is 4.83. The van der Waals surface area contributed by atoms with Crippen molar-refractivity contribution in [2.45, 2.75) is 69.5 Å². The molecule has 0 amide bonds. The highest BCUT2D eigenvalue weighted by atomic mass is 16.3. The van der Waals surface area contributed by atoms with Crippen LogP contribution >= 0.6 is 0 Å². The molecule has 2 saturated carbocycles. The average Bonchev–Trinajstić information content (AvgIpc) is 3.17. The first-order chi connectivity index (χ1) is 8.24. The summed E-state index contributed by atoms with van der Waals surface area (Å²) in [5.74, 6) is 0.667. The van der Waals surface area contributed by atoms with Crippen molar-refractivity contribution in [3.05, 3.63) is 0 Å². The molecule has 2 rings (SSSR count). The standard InChI is InChI=1S/C14H28N2O/c1-16(12-6-4-2-3-5-7-12)13(10-17)14(15)11-8-9-11/h11-14,17H,2-10,15H2,1H3. The Bertz CT molecular complexity index is 222. The van der Waals surface area contributed by atoms with E-state index in [1.807, 2.05) is 0 Å². The van der Waals surface area contributed by atoms with Gasteiger partial charge in [-0.1, -0.05) is 25.7 Å². The molecular weight excluding hydrogens is 212 g/mol. The molecular formula is C14H28N2O. The van der Waals surface area contributed by atoms with E-state index in [0.29, 0.717) is 12.0 Å². The minimum Gasteiger partial charge on any atom is -0.395 e. The summed E-state index contributed by atoms with van der Waals surface area (Å²) < 4.78 is 0. The largest absolute Gasteiger partial charge is 0.395 e. The lowest BCUT2D eigenvalue weighted by molar-refractivity contribution is 0.0788. The smallest absolute Gasteiger partial charge is 0.0602 e. The van der Waals surface area contributed by atoms with Gasteiger partial charge in [0.1, 0.15) is 0 Å². The topological polar surface area (TPSA) is 49.5 Å². The van der Waals surface area contributed by atoms with Crippen LogP contribution in [0.3, 0.4) is 0 Å². The number of rotatable bonds is 5. The summed E-state index contributed by atoms with van der Waals surface area (Å²) in [6, 6.07) is 0.985. The summed E-state index contributed by atoms with van der Waals surface area (Å²) in [5, 5.41) is 9.62. The van der Waals surface area contributed by atoms with E-state index in [9.17, 15) is 5.11 Å². The molecule has 3 nitrogen and oxygen atoms in total. The van der Waals surface area contributed by atoms with Gasteiger partial charge < -0.3 is 10.8 Å². The fraction of sp³-hybridized carbons (Fsp3) is 1.00. The predicted octanol–water partition coefficient (Wildman–Crippen LogP) is 1.74. The number of hydrogen-bond acceptors (Lipinski definition) is 3. The zero-order valence-electron chi connectivity index (χ0n) is 11.1. The number of hydrogen-bond donors (Lipinski definition) is 2. The van der Waals surface area contributed by atoms with Crippen LogP contribution in [0.1, 0.15) is 51.4 Å². The molecule has 3 heteroatoms. The van der Waals surface area contributed by atoms with Crippen molar-refractivity contribution in [1.82, 2.24) is 4.90 Å². The zero-order chi connectivity index (χ0) is 12.3. The van der Waals surface area contributed by atoms with Crippen molar-refractivity contribution in [2.75, 3.05) is 13.7 Å². The Morgan fingerprint density at radius 3 is 2.18 bits per heavy atom. The van der Waals surface area contributed by atoms with Crippen LogP contribution in [0.2, 0.25) is 0 Å². The third kappa shape index (κ3) is 3.43. The summed E-state index contributed by atoms with van der Waals surface area (Å²) in [7, 11) is 2.17. The Balaban J connectivity index is 1.91. The molecule has 3 N–H and O–H groups in total. The van der Waals surface area contributed by atoms with Gasteiger partial charge in [0.15, 0.2) is 0 Å². The second-order valence-corrected chi connectivity index (χ2v) is 5.98. The van der Waals surface area contributed by atoms with Crippen molar-refractivity contribution < 1.29 is 5.11 Å². The van der Waals surface area contributed by atoms with E-state index >= 15 is 0 Å². The highest BCUT2D eigenvalue weighted by Gasteiger charge is 2.37. The summed E-state index contributed by atoms with van der Waals surface area (Å²) in [5.41, 5.74) is 6.28. The van der Waals surface area contributed by atoms with Gasteiger partial charge in [-0.05, 0) is 38.6 Å². The quantitative estimate of drug-likeness (QED) is 0.720. The first-order valence-electron chi connectivity index (χ1n) is 7.32. The molecule has 0 aliphatic heterocycles. The summed E-state index contributed by atoms with van der Waals surface area (Å²) in [4.78, 5) is 2.38. The van der Waals surface area contributed by atoms with Crippen LogP contribution in [0, 0.1) is 5.92 Å². The lowest BCUT2D eigenvalue weighted by Gasteiger charge is -2.37. The second-order valence-electron chi connectivity index (χ2n) is 5.98. The molecule has 0 aromatic heterocycles. The van der Waals surface area contributed by atoms with E-state index in [1.54, 1.807) is 0 Å². The van der Waals surface area contributed by atoms with Gasteiger partial charge in [0, 0.05) is 18.1 Å². The molecule has 0 spiro atoms. The average molecular weight is 240 g/mol. The van der Waals surface area contributed by atoms with Gasteiger partial charge in [0.25, 0.3) is 0 Å². The molecule has 100 valence electrons. The molecule has 0 saturated heterocycles. The summed E-state index contributed by atoms with van der Waals surface area (Å²) in [6.07, 6.45) is 10.5. The van der Waals surface area contributed by atoms with E-state index in [1.165, 1.54) is 51.4 Å². The minimum atomic E-state index is 0.172. The van der Waals surface area contributed by atoms with E-state index < -0.39 is 0 Å². The fourth-order valence-electron chi connectivity index (χ4n) is 3.25. The van der Waals surface area contributed by atoms with Crippen LogP contribution in [-0.4, -0.2) is 41.8 Å². The SMILES string of the molecule is CN(C1CCCCCC1)C(CO)C(N)C1CC1. The van der Waals surface area contributed by atoms with Crippen molar-refractivity contribution in [3.63, 3.8) is 0 Å². The van der Waals surface area contributed by atoms with Crippen LogP contribution in [0.15, 0.2) is 0 Å². The van der Waals surface area contributed by atoms with E-state index in [0.717, 1.165) is 0 Å². The lowest BCUT2D eigenvalue weighted by Crippen LogP contribution is -2.53. The third-order valence-corrected chi connectivity index (χ3v) is 4.72. The third-order valence-electron chi connectivity index (χ3n) is 4.72. The van der Waals surface area contributed by atoms with Gasteiger partial charge >= 0.3 is 0 Å². The van der Waals surface area contributed by atoms with Gasteiger partial charge in [0.05, 0.1) is 6.61 Å². The van der Waals surface area contributed by atoms with Gasteiger partial charge in [-0.3, -0.25) is 4.90 Å². The lowest BCUT2D eigenvalue weighted by atomic mass is 9.99. The van der Waals surface area contributed by atoms with Gasteiger partial charge in [-0.2, -0.15) is 0 Å². The van der Waals surface area contributed by atoms with Gasteiger partial charge in [-0.25, -0.2) is 0 Å². The molecule has 0 radical (unpaired) electrons. The molecule has 2 fully saturated rings. The van der Waals surface area contributed by atoms with Crippen molar-refractivity contribution >= 4 is 0 Å². The number of aliphatic hydroxyl groups is 1. The zero-order valence-corrected chi connectivity index (χ0v) is 11.1. The highest BCUT2D eigenvalue weighted by molar-refractivity contribution is 4.94. The van der Waals surface area contributed by atoms with Gasteiger partial charge in [0.2, 0.25) is 0 Å². The molecule has 2 aliphatic rings. The maximum absolute atomic E-state index is 9.62. The van der Waals surface area contributed by atoms with Crippen LogP contribution in [0.4, 0.5) is 0 Å². The Labute approximate surface area is 105 Å². The van der Waals surface area contributed by atoms with Crippen LogP contribution in [0.25, 0.3) is 0 Å². The number of nitrogens with two attached hydrogens (primary N) is 1. The minimum absolute atomic E-state index is 0.172. The highest BCUT2D eigenvalue weighted by Crippen LogP contribution is 2.34. The molecule has 2 unspecified atom stereocenters. The molecule has 2 aliphatic carbocycles. The van der Waals surface area contributed by atoms with Crippen LogP contribution < -0.4 is 5.73 Å². The van der Waals surface area contributed by atoms with Crippen molar-refractivity contribution in [2.24, 2.45) is 11.7 Å². The summed E-state index contributed by atoms with van der Waals surface area (Å²) >= 11 is 0. The Hall–Kier alpha value is -0.120. The first-order valence-corrected chi connectivity index (χ1v) is 7.32. The normalized spacial score (nSPS) is 26.8. The predicted molar refractivity (Wildman–Crippen MR) is 70.8 cm³/mol. The molecule has 0 heterocycles. The number of aliphatic hydroxyl groups excluding tert-OH is 1. The Morgan fingerprint density at radius 1 is 1.12 bits per heavy atom. The van der Waals surface area contributed by atoms with E-state index in [4.69, 9.17) is 5.73 Å². The maximum Gasteiger partial charge on any atom is 0.0602 e. The van der Waals surface area contributed by atoms with Crippen molar-refractivity contribution in [1.29, 1.82) is 0 Å². The van der Waals surface area contributed by atoms with Gasteiger partial charge in [-0.15, -0.1) is 0 Å². The molecule has 17 heavy (non-hydrogen) atoms. The fourth-order valence-corrected chi connectivity index (χ4v) is 3.25.